The molecule has 0 heterocycles. The van der Waals surface area contributed by atoms with Gasteiger partial charge in [0.15, 0.2) is 0 Å². The van der Waals surface area contributed by atoms with Crippen LogP contribution in [0.2, 0.25) is 0 Å². The molecule has 0 saturated carbocycles. The SMILES string of the molecule is CC(C)C(O)(O)[C@@](C)(N=N)C(=O)O. The Labute approximate surface area is 75.7 Å². The maximum Gasteiger partial charge on any atom is 0.338 e. The zero-order valence-electron chi connectivity index (χ0n) is 7.77. The van der Waals surface area contributed by atoms with Crippen LogP contribution < -0.4 is 0 Å². The molecule has 0 aromatic carbocycles. The first-order chi connectivity index (χ1) is 5.70. The summed E-state index contributed by atoms with van der Waals surface area (Å²) in [5.41, 5.74) is 4.44. The van der Waals surface area contributed by atoms with E-state index < -0.39 is 23.2 Å². The second kappa shape index (κ2) is 3.39. The van der Waals surface area contributed by atoms with Gasteiger partial charge in [0.1, 0.15) is 0 Å². The summed E-state index contributed by atoms with van der Waals surface area (Å²) in [6.45, 7) is 3.86. The Kier molecular flexibility index (Phi) is 3.13. The summed E-state index contributed by atoms with van der Waals surface area (Å²) in [4.78, 5) is 10.7. The van der Waals surface area contributed by atoms with Crippen LogP contribution in [0, 0.1) is 11.4 Å². The van der Waals surface area contributed by atoms with Crippen molar-refractivity contribution in [3.63, 3.8) is 0 Å². The van der Waals surface area contributed by atoms with Gasteiger partial charge < -0.3 is 15.3 Å². The van der Waals surface area contributed by atoms with E-state index in [1.165, 1.54) is 13.8 Å². The lowest BCUT2D eigenvalue weighted by molar-refractivity contribution is -0.238. The number of carbonyl (C=O) groups is 1. The highest BCUT2D eigenvalue weighted by Crippen LogP contribution is 2.30. The minimum atomic E-state index is -2.53. The van der Waals surface area contributed by atoms with Gasteiger partial charge in [-0.25, -0.2) is 10.3 Å². The summed E-state index contributed by atoms with van der Waals surface area (Å²) >= 11 is 0. The molecule has 0 radical (unpaired) electrons. The topological polar surface area (TPSA) is 114 Å². The van der Waals surface area contributed by atoms with Crippen molar-refractivity contribution in [2.75, 3.05) is 0 Å². The molecule has 0 aliphatic heterocycles. The smallest absolute Gasteiger partial charge is 0.338 e. The molecule has 0 spiro atoms. The van der Waals surface area contributed by atoms with E-state index in [9.17, 15) is 15.0 Å². The first-order valence-electron chi connectivity index (χ1n) is 3.77. The summed E-state index contributed by atoms with van der Waals surface area (Å²) in [7, 11) is 0. The minimum Gasteiger partial charge on any atom is -0.479 e. The molecular formula is C7H14N2O4. The first kappa shape index (κ1) is 12.0. The van der Waals surface area contributed by atoms with Crippen molar-refractivity contribution in [1.29, 1.82) is 5.53 Å². The molecule has 13 heavy (non-hydrogen) atoms. The molecule has 4 N–H and O–H groups in total. The van der Waals surface area contributed by atoms with Crippen molar-refractivity contribution < 1.29 is 20.1 Å². The number of hydrogen-bond donors (Lipinski definition) is 4. The molecule has 0 saturated heterocycles. The average Bonchev–Trinajstić information content (AvgIpc) is 2.01. The van der Waals surface area contributed by atoms with E-state index in [2.05, 4.69) is 5.11 Å². The van der Waals surface area contributed by atoms with Crippen LogP contribution >= 0.6 is 0 Å². The molecule has 6 heteroatoms. The summed E-state index contributed by atoms with van der Waals surface area (Å²) in [5, 5.41) is 30.3. The normalized spacial score (nSPS) is 16.8. The highest BCUT2D eigenvalue weighted by molar-refractivity contribution is 5.79. The maximum absolute atomic E-state index is 10.7. The lowest BCUT2D eigenvalue weighted by atomic mass is 9.84. The predicted molar refractivity (Wildman–Crippen MR) is 43.2 cm³/mol. The quantitative estimate of drug-likeness (QED) is 0.374. The van der Waals surface area contributed by atoms with Gasteiger partial charge in [-0.1, -0.05) is 13.8 Å². The number of nitrogens with zero attached hydrogens (tertiary/aromatic N) is 1. The highest BCUT2D eigenvalue weighted by Gasteiger charge is 2.54. The zero-order chi connectivity index (χ0) is 10.9. The first-order valence-corrected chi connectivity index (χ1v) is 3.77. The van der Waals surface area contributed by atoms with Crippen LogP contribution in [0.25, 0.3) is 0 Å². The van der Waals surface area contributed by atoms with E-state index in [0.717, 1.165) is 6.92 Å². The average molecular weight is 190 g/mol. The molecule has 0 rings (SSSR count). The Morgan fingerprint density at radius 2 is 1.85 bits per heavy atom. The van der Waals surface area contributed by atoms with E-state index in [0.29, 0.717) is 0 Å². The molecule has 76 valence electrons. The van der Waals surface area contributed by atoms with Crippen molar-refractivity contribution in [2.24, 2.45) is 11.0 Å². The third kappa shape index (κ3) is 1.68. The van der Waals surface area contributed by atoms with Gasteiger partial charge in [-0.05, 0) is 6.92 Å². The minimum absolute atomic E-state index is 0.734. The number of aliphatic hydroxyl groups is 2. The standard InChI is InChI=1S/C7H14N2O4/c1-4(2)7(12,13)6(3,9-8)5(10)11/h4,8,12-13H,1-3H3,(H,10,11)/t6-/m0/s1. The van der Waals surface area contributed by atoms with Crippen LogP contribution in [0.5, 0.6) is 0 Å². The molecule has 0 unspecified atom stereocenters. The van der Waals surface area contributed by atoms with E-state index in [-0.39, 0.29) is 0 Å². The maximum atomic E-state index is 10.7. The molecule has 6 nitrogen and oxygen atoms in total. The van der Waals surface area contributed by atoms with Crippen molar-refractivity contribution in [2.45, 2.75) is 32.1 Å². The Morgan fingerprint density at radius 1 is 1.46 bits per heavy atom. The van der Waals surface area contributed by atoms with Crippen molar-refractivity contribution in [3.8, 4) is 0 Å². The third-order valence-electron chi connectivity index (χ3n) is 2.16. The molecule has 0 aromatic heterocycles. The van der Waals surface area contributed by atoms with Gasteiger partial charge in [0.25, 0.3) is 0 Å². The van der Waals surface area contributed by atoms with Crippen LogP contribution in [0.1, 0.15) is 20.8 Å². The number of carboxylic acid groups (broad SMARTS) is 1. The number of aliphatic carboxylic acids is 1. The largest absolute Gasteiger partial charge is 0.479 e. The second-order valence-corrected chi connectivity index (χ2v) is 3.37. The Morgan fingerprint density at radius 3 is 1.92 bits per heavy atom. The Hall–Kier alpha value is -1.01. The highest BCUT2D eigenvalue weighted by atomic mass is 16.5. The van der Waals surface area contributed by atoms with Crippen molar-refractivity contribution in [3.05, 3.63) is 0 Å². The lowest BCUT2D eigenvalue weighted by Gasteiger charge is -2.36. The van der Waals surface area contributed by atoms with Crippen molar-refractivity contribution >= 4 is 5.97 Å². The van der Waals surface area contributed by atoms with Gasteiger partial charge in [0.05, 0.1) is 0 Å². The number of hydrogen-bond acceptors (Lipinski definition) is 5. The summed E-state index contributed by atoms with van der Waals surface area (Å²) in [6, 6.07) is 0. The van der Waals surface area contributed by atoms with Gasteiger partial charge >= 0.3 is 5.97 Å². The second-order valence-electron chi connectivity index (χ2n) is 3.37. The molecule has 0 aliphatic rings. The molecule has 0 aromatic rings. The fourth-order valence-electron chi connectivity index (χ4n) is 0.850. The Balaban J connectivity index is 5.19. The molecule has 1 atom stereocenters. The van der Waals surface area contributed by atoms with Gasteiger partial charge in [-0.2, -0.15) is 5.11 Å². The van der Waals surface area contributed by atoms with Gasteiger partial charge in [0.2, 0.25) is 11.3 Å². The number of rotatable bonds is 4. The monoisotopic (exact) mass is 190 g/mol. The van der Waals surface area contributed by atoms with Crippen LogP contribution in [-0.2, 0) is 4.79 Å². The zero-order valence-corrected chi connectivity index (χ0v) is 7.77. The predicted octanol–water partition coefficient (Wildman–Crippen LogP) is 0.198. The summed E-state index contributed by atoms with van der Waals surface area (Å²) < 4.78 is 0. The fraction of sp³-hybridized carbons (Fsp3) is 0.857. The summed E-state index contributed by atoms with van der Waals surface area (Å²) in [5.74, 6) is -4.80. The molecule has 0 aliphatic carbocycles. The van der Waals surface area contributed by atoms with Crippen LogP contribution in [0.3, 0.4) is 0 Å². The molecule has 0 fully saturated rings. The molecule has 0 amide bonds. The van der Waals surface area contributed by atoms with Crippen LogP contribution in [0.15, 0.2) is 5.11 Å². The molecule has 0 bridgehead atoms. The Bertz CT molecular complexity index is 227. The molecular weight excluding hydrogens is 176 g/mol. The van der Waals surface area contributed by atoms with Gasteiger partial charge in [-0.15, -0.1) is 0 Å². The van der Waals surface area contributed by atoms with E-state index in [1.807, 2.05) is 0 Å². The number of carboxylic acids is 1. The van der Waals surface area contributed by atoms with Gasteiger partial charge in [0, 0.05) is 5.92 Å². The van der Waals surface area contributed by atoms with Crippen molar-refractivity contribution in [1.82, 2.24) is 0 Å². The van der Waals surface area contributed by atoms with E-state index in [4.69, 9.17) is 10.6 Å². The van der Waals surface area contributed by atoms with E-state index >= 15 is 0 Å². The fourth-order valence-corrected chi connectivity index (χ4v) is 0.850. The lowest BCUT2D eigenvalue weighted by Crippen LogP contribution is -2.59. The van der Waals surface area contributed by atoms with Crippen LogP contribution in [-0.4, -0.2) is 32.6 Å². The van der Waals surface area contributed by atoms with Crippen LogP contribution in [0.4, 0.5) is 0 Å². The van der Waals surface area contributed by atoms with Gasteiger partial charge in [-0.3, -0.25) is 0 Å². The third-order valence-corrected chi connectivity index (χ3v) is 2.16. The summed E-state index contributed by atoms with van der Waals surface area (Å²) in [6.07, 6.45) is 0. The van der Waals surface area contributed by atoms with E-state index in [1.54, 1.807) is 0 Å². The number of nitrogens with one attached hydrogen (secondary N) is 1.